The van der Waals surface area contributed by atoms with Crippen molar-refractivity contribution in [2.24, 2.45) is 0 Å². The fourth-order valence-electron chi connectivity index (χ4n) is 2.02. The molecule has 0 N–H and O–H groups in total. The SMILES string of the molecule is Cc1cc(C)n2nn[n+](Cc3ccccc3)c2n1. The van der Waals surface area contributed by atoms with Crippen molar-refractivity contribution >= 4 is 5.78 Å². The first-order valence-corrected chi connectivity index (χ1v) is 5.88. The molecule has 0 aliphatic heterocycles. The van der Waals surface area contributed by atoms with Crippen LogP contribution in [0.15, 0.2) is 36.4 Å². The highest BCUT2D eigenvalue weighted by molar-refractivity contribution is 5.24. The van der Waals surface area contributed by atoms with Crippen molar-refractivity contribution in [1.29, 1.82) is 0 Å². The molecule has 2 heterocycles. The standard InChI is InChI=1S/C13H14N5/c1-10-8-11(2)18-13(14-10)17(15-16-18)9-12-6-4-3-5-7-12/h3-8H,9H2,1-2H3/q+1. The number of fused-ring (bicyclic) bond motifs is 1. The van der Waals surface area contributed by atoms with Gasteiger partial charge in [-0.2, -0.15) is 0 Å². The molecule has 1 aromatic carbocycles. The number of nitrogens with zero attached hydrogens (tertiary/aromatic N) is 5. The quantitative estimate of drug-likeness (QED) is 0.630. The van der Waals surface area contributed by atoms with Gasteiger partial charge in [0.05, 0.1) is 5.21 Å². The Morgan fingerprint density at radius 2 is 1.94 bits per heavy atom. The molecular weight excluding hydrogens is 226 g/mol. The van der Waals surface area contributed by atoms with Gasteiger partial charge in [-0.25, -0.2) is 0 Å². The van der Waals surface area contributed by atoms with Crippen molar-refractivity contribution in [2.45, 2.75) is 20.4 Å². The third kappa shape index (κ3) is 1.84. The van der Waals surface area contributed by atoms with Gasteiger partial charge in [-0.05, 0) is 19.4 Å². The predicted molar refractivity (Wildman–Crippen MR) is 66.0 cm³/mol. The molecule has 0 saturated carbocycles. The molecule has 90 valence electrons. The Balaban J connectivity index is 2.08. The van der Waals surface area contributed by atoms with E-state index < -0.39 is 0 Å². The number of rotatable bonds is 2. The molecule has 3 rings (SSSR count). The van der Waals surface area contributed by atoms with Crippen LogP contribution in [0.25, 0.3) is 5.78 Å². The molecule has 0 bridgehead atoms. The molecule has 5 nitrogen and oxygen atoms in total. The summed E-state index contributed by atoms with van der Waals surface area (Å²) in [5, 5.41) is 8.28. The summed E-state index contributed by atoms with van der Waals surface area (Å²) in [6.07, 6.45) is 0. The first-order chi connectivity index (χ1) is 8.74. The second-order valence-corrected chi connectivity index (χ2v) is 4.37. The van der Waals surface area contributed by atoms with E-state index in [0.29, 0.717) is 6.54 Å². The van der Waals surface area contributed by atoms with Gasteiger partial charge >= 0.3 is 5.78 Å². The smallest absolute Gasteiger partial charge is 0.124 e. The molecule has 2 aromatic heterocycles. The zero-order valence-electron chi connectivity index (χ0n) is 10.4. The molecule has 0 amide bonds. The lowest BCUT2D eigenvalue weighted by molar-refractivity contribution is -0.725. The zero-order chi connectivity index (χ0) is 12.5. The third-order valence-corrected chi connectivity index (χ3v) is 2.86. The van der Waals surface area contributed by atoms with E-state index in [1.807, 2.05) is 42.8 Å². The van der Waals surface area contributed by atoms with Gasteiger partial charge in [0.1, 0.15) is 23.1 Å². The molecule has 0 spiro atoms. The average molecular weight is 240 g/mol. The molecule has 0 radical (unpaired) electrons. The summed E-state index contributed by atoms with van der Waals surface area (Å²) in [4.78, 5) is 4.49. The maximum Gasteiger partial charge on any atom is 0.407 e. The second-order valence-electron chi connectivity index (χ2n) is 4.37. The van der Waals surface area contributed by atoms with Crippen LogP contribution in [0.5, 0.6) is 0 Å². The Bertz CT molecular complexity index is 687. The molecule has 0 aliphatic carbocycles. The normalized spacial score (nSPS) is 11.0. The van der Waals surface area contributed by atoms with Gasteiger partial charge in [0, 0.05) is 6.07 Å². The van der Waals surface area contributed by atoms with Gasteiger partial charge in [0.25, 0.3) is 0 Å². The molecule has 3 aromatic rings. The van der Waals surface area contributed by atoms with E-state index in [0.717, 1.165) is 17.2 Å². The first-order valence-electron chi connectivity index (χ1n) is 5.88. The fourth-order valence-corrected chi connectivity index (χ4v) is 2.02. The maximum atomic E-state index is 4.49. The minimum atomic E-state index is 0.681. The second kappa shape index (κ2) is 4.18. The van der Waals surface area contributed by atoms with Crippen molar-refractivity contribution in [3.05, 3.63) is 53.3 Å². The molecule has 0 atom stereocenters. The van der Waals surface area contributed by atoms with Crippen LogP contribution in [0.4, 0.5) is 0 Å². The van der Waals surface area contributed by atoms with Crippen LogP contribution < -0.4 is 4.68 Å². The van der Waals surface area contributed by atoms with E-state index in [9.17, 15) is 0 Å². The number of aromatic nitrogens is 5. The van der Waals surface area contributed by atoms with E-state index in [2.05, 4.69) is 27.5 Å². The molecule has 18 heavy (non-hydrogen) atoms. The summed E-state index contributed by atoms with van der Waals surface area (Å²) in [6, 6.07) is 12.2. The lowest BCUT2D eigenvalue weighted by Crippen LogP contribution is -2.38. The largest absolute Gasteiger partial charge is 0.407 e. The van der Waals surface area contributed by atoms with Crippen molar-refractivity contribution in [1.82, 2.24) is 19.9 Å². The third-order valence-electron chi connectivity index (χ3n) is 2.86. The maximum absolute atomic E-state index is 4.49. The van der Waals surface area contributed by atoms with Crippen LogP contribution in [0.2, 0.25) is 0 Å². The number of benzene rings is 1. The van der Waals surface area contributed by atoms with Crippen LogP contribution in [-0.2, 0) is 6.54 Å². The summed E-state index contributed by atoms with van der Waals surface area (Å²) < 4.78 is 3.57. The Labute approximate surface area is 105 Å². The minimum absolute atomic E-state index is 0.681. The topological polar surface area (TPSA) is 47.0 Å². The van der Waals surface area contributed by atoms with Gasteiger partial charge in [0.2, 0.25) is 0 Å². The minimum Gasteiger partial charge on any atom is -0.124 e. The highest BCUT2D eigenvalue weighted by Gasteiger charge is 2.17. The fraction of sp³-hybridized carbons (Fsp3) is 0.231. The van der Waals surface area contributed by atoms with E-state index in [1.165, 1.54) is 5.56 Å². The van der Waals surface area contributed by atoms with Crippen LogP contribution in [0.1, 0.15) is 17.0 Å². The predicted octanol–water partition coefficient (Wildman–Crippen LogP) is 1.08. The van der Waals surface area contributed by atoms with Gasteiger partial charge in [0.15, 0.2) is 0 Å². The number of aryl methyl sites for hydroxylation is 2. The Morgan fingerprint density at radius 1 is 1.17 bits per heavy atom. The Morgan fingerprint density at radius 3 is 2.72 bits per heavy atom. The van der Waals surface area contributed by atoms with Crippen LogP contribution in [0.3, 0.4) is 0 Å². The summed E-state index contributed by atoms with van der Waals surface area (Å²) in [7, 11) is 0. The molecule has 0 unspecified atom stereocenters. The van der Waals surface area contributed by atoms with Crippen LogP contribution in [0, 0.1) is 13.8 Å². The van der Waals surface area contributed by atoms with Crippen molar-refractivity contribution in [3.8, 4) is 0 Å². The summed E-state index contributed by atoms with van der Waals surface area (Å²) in [6.45, 7) is 4.66. The molecular formula is C13H14N5+. The summed E-state index contributed by atoms with van der Waals surface area (Å²) in [5.41, 5.74) is 3.20. The van der Waals surface area contributed by atoms with Crippen LogP contribution in [-0.4, -0.2) is 19.9 Å². The van der Waals surface area contributed by atoms with E-state index in [4.69, 9.17) is 0 Å². The van der Waals surface area contributed by atoms with Gasteiger partial charge in [-0.3, -0.25) is 0 Å². The molecule has 0 saturated heterocycles. The average Bonchev–Trinajstić information content (AvgIpc) is 2.74. The number of hydrogen-bond donors (Lipinski definition) is 0. The Hall–Kier alpha value is -2.30. The highest BCUT2D eigenvalue weighted by Crippen LogP contribution is 2.02. The first kappa shape index (κ1) is 10.8. The van der Waals surface area contributed by atoms with Gasteiger partial charge in [-0.15, -0.1) is 9.67 Å². The number of hydrogen-bond acceptors (Lipinski definition) is 3. The molecule has 5 heteroatoms. The van der Waals surface area contributed by atoms with Crippen LogP contribution >= 0.6 is 0 Å². The van der Waals surface area contributed by atoms with Crippen molar-refractivity contribution < 1.29 is 4.68 Å². The molecule has 0 aliphatic rings. The molecule has 0 fully saturated rings. The number of tetrazole rings is 1. The van der Waals surface area contributed by atoms with E-state index in [-0.39, 0.29) is 0 Å². The van der Waals surface area contributed by atoms with Gasteiger partial charge in [-0.1, -0.05) is 34.8 Å². The lowest BCUT2D eigenvalue weighted by atomic mass is 10.2. The summed E-state index contributed by atoms with van der Waals surface area (Å²) in [5.74, 6) is 0.774. The van der Waals surface area contributed by atoms with Gasteiger partial charge < -0.3 is 0 Å². The monoisotopic (exact) mass is 240 g/mol. The van der Waals surface area contributed by atoms with Crippen molar-refractivity contribution in [2.75, 3.05) is 0 Å². The highest BCUT2D eigenvalue weighted by atomic mass is 15.6. The van der Waals surface area contributed by atoms with E-state index >= 15 is 0 Å². The van der Waals surface area contributed by atoms with E-state index in [1.54, 1.807) is 4.52 Å². The lowest BCUT2D eigenvalue weighted by Gasteiger charge is -1.97. The van der Waals surface area contributed by atoms with Crippen molar-refractivity contribution in [3.63, 3.8) is 0 Å². The zero-order valence-corrected chi connectivity index (χ0v) is 10.4. The summed E-state index contributed by atoms with van der Waals surface area (Å²) >= 11 is 0. The Kier molecular flexibility index (Phi) is 2.51.